The molecule has 0 radical (unpaired) electrons. The van der Waals surface area contributed by atoms with Crippen molar-refractivity contribution < 1.29 is 33.0 Å². The molecule has 1 aliphatic rings. The number of nitrogen functional groups attached to an aromatic ring is 1. The molecule has 1 fully saturated rings. The summed E-state index contributed by atoms with van der Waals surface area (Å²) in [6.07, 6.45) is 5.10. The van der Waals surface area contributed by atoms with Gasteiger partial charge in [0.05, 0.1) is 12.9 Å². The highest BCUT2D eigenvalue weighted by Gasteiger charge is 2.51. The number of terminal acetylenes is 1. The Morgan fingerprint density at radius 2 is 2.13 bits per heavy atom. The number of benzene rings is 1. The van der Waals surface area contributed by atoms with Crippen LogP contribution in [-0.4, -0.2) is 61.1 Å². The molecule has 4 rings (SSSR count). The van der Waals surface area contributed by atoms with Crippen LogP contribution in [0.3, 0.4) is 0 Å². The van der Waals surface area contributed by atoms with E-state index in [-0.39, 0.29) is 41.0 Å². The number of hydrogen-bond acceptors (Lipinski definition) is 11. The number of hydrogen-bond donors (Lipinski definition) is 3. The van der Waals surface area contributed by atoms with E-state index in [1.807, 2.05) is 0 Å². The van der Waals surface area contributed by atoms with Gasteiger partial charge in [-0.3, -0.25) is 13.9 Å². The first-order valence-corrected chi connectivity index (χ1v) is 13.8. The number of fused-ring (bicyclic) bond motifs is 1. The van der Waals surface area contributed by atoms with Gasteiger partial charge in [-0.05, 0) is 44.5 Å². The van der Waals surface area contributed by atoms with E-state index in [1.165, 1.54) is 24.7 Å². The molecule has 4 atom stereocenters. The molecule has 0 amide bonds. The lowest BCUT2D eigenvalue weighted by Crippen LogP contribution is -2.48. The second-order valence-corrected chi connectivity index (χ2v) is 11.2. The molecule has 13 nitrogen and oxygen atoms in total. The first-order chi connectivity index (χ1) is 18.4. The summed E-state index contributed by atoms with van der Waals surface area (Å²) < 4.78 is 38.0. The molecule has 0 unspecified atom stereocenters. The van der Waals surface area contributed by atoms with Crippen molar-refractivity contribution in [3.8, 4) is 18.1 Å². The molecule has 3 aromatic rings. The van der Waals surface area contributed by atoms with Crippen molar-refractivity contribution in [1.82, 2.24) is 24.6 Å². The van der Waals surface area contributed by atoms with Gasteiger partial charge in [-0.25, -0.2) is 9.55 Å². The number of carbonyl (C=O) groups excluding carboxylic acids is 1. The zero-order valence-corrected chi connectivity index (χ0v) is 23.1. The Morgan fingerprint density at radius 3 is 2.79 bits per heavy atom. The molecular formula is C24H28ClN6O7P. The number of aliphatic hydroxyl groups excluding tert-OH is 1. The van der Waals surface area contributed by atoms with E-state index in [2.05, 4.69) is 26.0 Å². The van der Waals surface area contributed by atoms with Crippen LogP contribution in [-0.2, 0) is 23.4 Å². The Labute approximate surface area is 229 Å². The minimum Gasteiger partial charge on any atom is -0.465 e. The second-order valence-electron chi connectivity index (χ2n) is 9.19. The molecule has 15 heteroatoms. The number of halogens is 1. The smallest absolute Gasteiger partial charge is 0.459 e. The Kier molecular flexibility index (Phi) is 8.18. The minimum atomic E-state index is -4.32. The van der Waals surface area contributed by atoms with E-state index >= 15 is 0 Å². The Hall–Kier alpha value is -3.24. The van der Waals surface area contributed by atoms with Crippen LogP contribution in [0, 0.1) is 12.3 Å². The fourth-order valence-electron chi connectivity index (χ4n) is 3.93. The lowest BCUT2D eigenvalue weighted by Gasteiger charge is -2.32. The Balaban J connectivity index is 1.60. The van der Waals surface area contributed by atoms with Gasteiger partial charge in [0.25, 0.3) is 0 Å². The summed E-state index contributed by atoms with van der Waals surface area (Å²) in [5, 5.41) is 13.5. The molecule has 0 saturated carbocycles. The number of nitrogens with one attached hydrogen (secondary N) is 1. The quantitative estimate of drug-likeness (QED) is 0.139. The van der Waals surface area contributed by atoms with E-state index in [9.17, 15) is 14.5 Å². The van der Waals surface area contributed by atoms with Crippen LogP contribution < -0.4 is 15.3 Å². The predicted octanol–water partition coefficient (Wildman–Crippen LogP) is 2.85. The number of nitrogens with two attached hydrogens (primary N) is 1. The average molecular weight is 579 g/mol. The number of nitrogens with zero attached hydrogens (tertiary/aromatic N) is 4. The first-order valence-electron chi connectivity index (χ1n) is 11.9. The van der Waals surface area contributed by atoms with Crippen molar-refractivity contribution in [3.05, 3.63) is 41.9 Å². The molecule has 2 aromatic heterocycles. The summed E-state index contributed by atoms with van der Waals surface area (Å²) in [5.74, 6) is 2.02. The fourth-order valence-corrected chi connectivity index (χ4v) is 5.80. The molecule has 208 valence electrons. The summed E-state index contributed by atoms with van der Waals surface area (Å²) in [6, 6.07) is 8.21. The zero-order chi connectivity index (χ0) is 28.4. The van der Waals surface area contributed by atoms with Crippen LogP contribution in [0.2, 0.25) is 5.28 Å². The molecule has 39 heavy (non-hydrogen) atoms. The van der Waals surface area contributed by atoms with Crippen LogP contribution in [0.4, 0.5) is 5.82 Å². The maximum atomic E-state index is 14.0. The van der Waals surface area contributed by atoms with Crippen LogP contribution in [0.5, 0.6) is 5.75 Å². The van der Waals surface area contributed by atoms with Gasteiger partial charge in [-0.1, -0.05) is 24.1 Å². The van der Waals surface area contributed by atoms with Gasteiger partial charge in [-0.15, -0.1) is 6.42 Å². The third-order valence-corrected chi connectivity index (χ3v) is 7.83. The SMILES string of the molecule is C#C[C@]1(CO[P@@](=O)(NC(C)(C)C(=O)OCC)Oc2ccccc2)O[C@@H](n2cnc3c(N)nc(Cl)nc32)C[C@@H]1O. The summed E-state index contributed by atoms with van der Waals surface area (Å²) in [6.45, 7) is 4.12. The molecule has 0 spiro atoms. The van der Waals surface area contributed by atoms with E-state index in [4.69, 9.17) is 42.3 Å². The number of aromatic nitrogens is 4. The van der Waals surface area contributed by atoms with E-state index in [1.54, 1.807) is 37.3 Å². The third kappa shape index (κ3) is 6.01. The maximum absolute atomic E-state index is 14.0. The van der Waals surface area contributed by atoms with E-state index < -0.39 is 43.8 Å². The summed E-state index contributed by atoms with van der Waals surface area (Å²) in [7, 11) is -4.32. The maximum Gasteiger partial charge on any atom is 0.459 e. The zero-order valence-electron chi connectivity index (χ0n) is 21.4. The molecule has 0 bridgehead atoms. The van der Waals surface area contributed by atoms with Crippen molar-refractivity contribution in [2.45, 2.75) is 50.7 Å². The number of para-hydroxylation sites is 1. The highest BCUT2D eigenvalue weighted by molar-refractivity contribution is 7.52. The standard InChI is InChI=1S/C24H28ClN6O7P/c1-5-24(16(32)12-17(37-24)31-14-27-18-19(26)28-22(25)29-20(18)31)13-36-39(34,38-15-10-8-7-9-11-15)30-23(3,4)21(33)35-6-2/h1,7-11,14,16-17,32H,6,12-13H2,2-4H3,(H,30,34)(H2,26,28,29)/t16-,17+,24+,39-/m0/s1. The largest absolute Gasteiger partial charge is 0.465 e. The number of aliphatic hydroxyl groups is 1. The number of rotatable bonds is 10. The molecule has 0 aliphatic carbocycles. The average Bonchev–Trinajstić information content (AvgIpc) is 3.44. The van der Waals surface area contributed by atoms with Crippen molar-refractivity contribution in [1.29, 1.82) is 0 Å². The highest BCUT2D eigenvalue weighted by Crippen LogP contribution is 2.49. The van der Waals surface area contributed by atoms with Crippen LogP contribution in [0.1, 0.15) is 33.4 Å². The topological polar surface area (TPSA) is 173 Å². The van der Waals surface area contributed by atoms with Crippen LogP contribution in [0.25, 0.3) is 11.2 Å². The summed E-state index contributed by atoms with van der Waals surface area (Å²) >= 11 is 5.96. The van der Waals surface area contributed by atoms with Crippen LogP contribution in [0.15, 0.2) is 36.7 Å². The Morgan fingerprint density at radius 1 is 1.41 bits per heavy atom. The number of ether oxygens (including phenoxy) is 2. The predicted molar refractivity (Wildman–Crippen MR) is 142 cm³/mol. The number of anilines is 1. The molecular weight excluding hydrogens is 551 g/mol. The lowest BCUT2D eigenvalue weighted by atomic mass is 9.99. The van der Waals surface area contributed by atoms with Gasteiger partial charge in [0.15, 0.2) is 17.1 Å². The molecule has 1 saturated heterocycles. The monoisotopic (exact) mass is 578 g/mol. The molecule has 1 aliphatic heterocycles. The van der Waals surface area contributed by atoms with Gasteiger partial charge < -0.3 is 24.8 Å². The second kappa shape index (κ2) is 11.1. The van der Waals surface area contributed by atoms with Gasteiger partial charge >= 0.3 is 13.7 Å². The molecule has 3 heterocycles. The van der Waals surface area contributed by atoms with Gasteiger partial charge in [-0.2, -0.15) is 15.1 Å². The Bertz CT molecular complexity index is 1450. The van der Waals surface area contributed by atoms with Crippen molar-refractivity contribution in [2.75, 3.05) is 18.9 Å². The number of esters is 1. The normalized spacial score (nSPS) is 22.8. The molecule has 1 aromatic carbocycles. The molecule has 4 N–H and O–H groups in total. The lowest BCUT2D eigenvalue weighted by molar-refractivity contribution is -0.149. The van der Waals surface area contributed by atoms with Crippen molar-refractivity contribution in [3.63, 3.8) is 0 Å². The summed E-state index contributed by atoms with van der Waals surface area (Å²) in [5.41, 5.74) is 3.22. The summed E-state index contributed by atoms with van der Waals surface area (Å²) in [4.78, 5) is 24.7. The number of imidazole rings is 1. The van der Waals surface area contributed by atoms with Crippen LogP contribution >= 0.6 is 19.3 Å². The van der Waals surface area contributed by atoms with Gasteiger partial charge in [0.2, 0.25) is 5.28 Å². The van der Waals surface area contributed by atoms with Gasteiger partial charge in [0, 0.05) is 6.42 Å². The van der Waals surface area contributed by atoms with E-state index in [0.717, 1.165) is 0 Å². The fraction of sp³-hybridized carbons (Fsp3) is 0.417. The van der Waals surface area contributed by atoms with Crippen molar-refractivity contribution in [2.24, 2.45) is 0 Å². The minimum absolute atomic E-state index is 0.00609. The van der Waals surface area contributed by atoms with Crippen molar-refractivity contribution >= 4 is 42.3 Å². The highest BCUT2D eigenvalue weighted by atomic mass is 35.5. The van der Waals surface area contributed by atoms with Gasteiger partial charge in [0.1, 0.15) is 35.7 Å². The third-order valence-electron chi connectivity index (χ3n) is 5.91. The van der Waals surface area contributed by atoms with E-state index in [0.29, 0.717) is 0 Å². The first kappa shape index (κ1) is 28.8. The number of carbonyl (C=O) groups is 1.